The Morgan fingerprint density at radius 2 is 1.95 bits per heavy atom. The largest absolute Gasteiger partial charge is 0.314 e. The zero-order valence-corrected chi connectivity index (χ0v) is 14.0. The lowest BCUT2D eigenvalue weighted by atomic mass is 9.84. The second-order valence-corrected chi connectivity index (χ2v) is 6.84. The van der Waals surface area contributed by atoms with Crippen LogP contribution in [0.3, 0.4) is 0 Å². The smallest absolute Gasteiger partial charge is 0.0468 e. The van der Waals surface area contributed by atoms with E-state index >= 15 is 0 Å². The van der Waals surface area contributed by atoms with Gasteiger partial charge in [-0.2, -0.15) is 0 Å². The molecule has 1 fully saturated rings. The number of hydrogen-bond donors (Lipinski definition) is 1. The lowest BCUT2D eigenvalue weighted by Gasteiger charge is -2.40. The first-order valence-corrected chi connectivity index (χ1v) is 8.13. The Kier molecular flexibility index (Phi) is 5.74. The fourth-order valence-electron chi connectivity index (χ4n) is 3.11. The summed E-state index contributed by atoms with van der Waals surface area (Å²) in [5, 5.41) is 5.13. The molecular formula is C16H24Cl2N2. The van der Waals surface area contributed by atoms with E-state index in [2.05, 4.69) is 31.1 Å². The number of halogens is 2. The minimum atomic E-state index is 0.302. The predicted octanol–water partition coefficient (Wildman–Crippen LogP) is 4.37. The number of likely N-dealkylation sites (tertiary alicyclic amines) is 1. The van der Waals surface area contributed by atoms with Crippen molar-refractivity contribution in [2.45, 2.75) is 38.8 Å². The number of piperidine rings is 1. The maximum atomic E-state index is 6.42. The molecule has 1 heterocycles. The molecule has 0 radical (unpaired) electrons. The molecule has 1 saturated heterocycles. The maximum absolute atomic E-state index is 6.42. The van der Waals surface area contributed by atoms with Crippen molar-refractivity contribution in [3.8, 4) is 0 Å². The summed E-state index contributed by atoms with van der Waals surface area (Å²) in [7, 11) is 2.17. The minimum Gasteiger partial charge on any atom is -0.314 e. The molecule has 20 heavy (non-hydrogen) atoms. The highest BCUT2D eigenvalue weighted by atomic mass is 35.5. The molecule has 2 nitrogen and oxygen atoms in total. The monoisotopic (exact) mass is 314 g/mol. The van der Waals surface area contributed by atoms with E-state index in [9.17, 15) is 0 Å². The van der Waals surface area contributed by atoms with Crippen LogP contribution in [0.2, 0.25) is 10.0 Å². The van der Waals surface area contributed by atoms with Gasteiger partial charge in [-0.1, -0.05) is 43.1 Å². The van der Waals surface area contributed by atoms with Crippen LogP contribution < -0.4 is 5.32 Å². The highest BCUT2D eigenvalue weighted by Crippen LogP contribution is 2.41. The summed E-state index contributed by atoms with van der Waals surface area (Å²) in [4.78, 5) is 2.39. The standard InChI is InChI=1S/C16H24Cl2N2/c1-11(2)19-10-12-6-5-9-20(3)16(12)15-13(17)7-4-8-14(15)18/h4,7-8,11-12,16,19H,5-6,9-10H2,1-3H3. The first-order chi connectivity index (χ1) is 9.50. The summed E-state index contributed by atoms with van der Waals surface area (Å²) in [6.07, 6.45) is 2.45. The summed E-state index contributed by atoms with van der Waals surface area (Å²) in [6, 6.07) is 6.61. The van der Waals surface area contributed by atoms with E-state index in [1.165, 1.54) is 12.8 Å². The number of benzene rings is 1. The van der Waals surface area contributed by atoms with Crippen LogP contribution in [0.4, 0.5) is 0 Å². The zero-order valence-electron chi connectivity index (χ0n) is 12.5. The molecule has 0 saturated carbocycles. The molecule has 0 bridgehead atoms. The maximum Gasteiger partial charge on any atom is 0.0468 e. The van der Waals surface area contributed by atoms with Crippen molar-refractivity contribution in [2.24, 2.45) is 5.92 Å². The molecule has 4 heteroatoms. The van der Waals surface area contributed by atoms with E-state index in [0.29, 0.717) is 18.0 Å². The third-order valence-corrected chi connectivity index (χ3v) is 4.75. The average molecular weight is 315 g/mol. The second kappa shape index (κ2) is 7.13. The van der Waals surface area contributed by atoms with Gasteiger partial charge in [0.1, 0.15) is 0 Å². The molecule has 2 unspecified atom stereocenters. The average Bonchev–Trinajstić information content (AvgIpc) is 2.38. The van der Waals surface area contributed by atoms with Crippen LogP contribution in [0, 0.1) is 5.92 Å². The van der Waals surface area contributed by atoms with Gasteiger partial charge >= 0.3 is 0 Å². The molecule has 1 aliphatic heterocycles. The Labute approximate surface area is 132 Å². The Morgan fingerprint density at radius 3 is 2.55 bits per heavy atom. The van der Waals surface area contributed by atoms with E-state index < -0.39 is 0 Å². The summed E-state index contributed by atoms with van der Waals surface area (Å²) >= 11 is 12.8. The topological polar surface area (TPSA) is 15.3 Å². The summed E-state index contributed by atoms with van der Waals surface area (Å²) in [5.41, 5.74) is 1.09. The van der Waals surface area contributed by atoms with E-state index in [1.807, 2.05) is 18.2 Å². The second-order valence-electron chi connectivity index (χ2n) is 6.03. The van der Waals surface area contributed by atoms with Crippen molar-refractivity contribution in [2.75, 3.05) is 20.1 Å². The van der Waals surface area contributed by atoms with Crippen LogP contribution in [0.5, 0.6) is 0 Å². The Morgan fingerprint density at radius 1 is 1.30 bits per heavy atom. The number of nitrogens with one attached hydrogen (secondary N) is 1. The van der Waals surface area contributed by atoms with Gasteiger partial charge in [0.15, 0.2) is 0 Å². The predicted molar refractivity (Wildman–Crippen MR) is 87.7 cm³/mol. The van der Waals surface area contributed by atoms with E-state index in [0.717, 1.165) is 28.7 Å². The molecule has 1 aromatic rings. The molecule has 0 spiro atoms. The summed E-state index contributed by atoms with van der Waals surface area (Å²) < 4.78 is 0. The third kappa shape index (κ3) is 3.67. The van der Waals surface area contributed by atoms with Crippen molar-refractivity contribution >= 4 is 23.2 Å². The van der Waals surface area contributed by atoms with Crippen LogP contribution in [0.1, 0.15) is 38.3 Å². The zero-order chi connectivity index (χ0) is 14.7. The summed E-state index contributed by atoms with van der Waals surface area (Å²) in [5.74, 6) is 0.550. The Bertz CT molecular complexity index is 428. The normalized spacial score (nSPS) is 24.3. The third-order valence-electron chi connectivity index (χ3n) is 4.09. The summed E-state index contributed by atoms with van der Waals surface area (Å²) in [6.45, 7) is 6.48. The van der Waals surface area contributed by atoms with Crippen LogP contribution in [-0.4, -0.2) is 31.1 Å². The van der Waals surface area contributed by atoms with E-state index in [4.69, 9.17) is 23.2 Å². The van der Waals surface area contributed by atoms with Gasteiger partial charge in [-0.15, -0.1) is 0 Å². The molecule has 0 aromatic heterocycles. The highest BCUT2D eigenvalue weighted by molar-refractivity contribution is 6.36. The van der Waals surface area contributed by atoms with Crippen molar-refractivity contribution in [1.82, 2.24) is 10.2 Å². The van der Waals surface area contributed by atoms with Crippen LogP contribution in [-0.2, 0) is 0 Å². The van der Waals surface area contributed by atoms with Crippen LogP contribution in [0.25, 0.3) is 0 Å². The molecule has 112 valence electrons. The van der Waals surface area contributed by atoms with Crippen LogP contribution in [0.15, 0.2) is 18.2 Å². The van der Waals surface area contributed by atoms with Gasteiger partial charge in [-0.05, 0) is 44.5 Å². The molecule has 1 aromatic carbocycles. The first kappa shape index (κ1) is 16.1. The van der Waals surface area contributed by atoms with Gasteiger partial charge in [0.25, 0.3) is 0 Å². The Balaban J connectivity index is 2.27. The SMILES string of the molecule is CC(C)NCC1CCCN(C)C1c1c(Cl)cccc1Cl. The molecule has 2 atom stereocenters. The van der Waals surface area contributed by atoms with Crippen molar-refractivity contribution in [3.05, 3.63) is 33.8 Å². The molecule has 1 aliphatic rings. The lowest BCUT2D eigenvalue weighted by Crippen LogP contribution is -2.42. The number of hydrogen-bond acceptors (Lipinski definition) is 2. The van der Waals surface area contributed by atoms with Gasteiger partial charge in [0, 0.05) is 34.2 Å². The van der Waals surface area contributed by atoms with E-state index in [1.54, 1.807) is 0 Å². The molecule has 2 rings (SSSR count). The Hall–Kier alpha value is -0.280. The van der Waals surface area contributed by atoms with Crippen molar-refractivity contribution in [3.63, 3.8) is 0 Å². The molecule has 0 amide bonds. The van der Waals surface area contributed by atoms with Crippen LogP contribution >= 0.6 is 23.2 Å². The van der Waals surface area contributed by atoms with Gasteiger partial charge < -0.3 is 5.32 Å². The fourth-order valence-corrected chi connectivity index (χ4v) is 3.73. The quantitative estimate of drug-likeness (QED) is 0.887. The van der Waals surface area contributed by atoms with Gasteiger partial charge in [-0.3, -0.25) is 4.90 Å². The number of rotatable bonds is 4. The molecular weight excluding hydrogens is 291 g/mol. The first-order valence-electron chi connectivity index (χ1n) is 7.38. The van der Waals surface area contributed by atoms with Gasteiger partial charge in [0.2, 0.25) is 0 Å². The minimum absolute atomic E-state index is 0.302. The van der Waals surface area contributed by atoms with Crippen molar-refractivity contribution < 1.29 is 0 Å². The van der Waals surface area contributed by atoms with Gasteiger partial charge in [-0.25, -0.2) is 0 Å². The molecule has 0 aliphatic carbocycles. The van der Waals surface area contributed by atoms with Gasteiger partial charge in [0.05, 0.1) is 0 Å². The number of nitrogens with zero attached hydrogens (tertiary/aromatic N) is 1. The fraction of sp³-hybridized carbons (Fsp3) is 0.625. The molecule has 1 N–H and O–H groups in total. The van der Waals surface area contributed by atoms with Crippen molar-refractivity contribution in [1.29, 1.82) is 0 Å². The van der Waals surface area contributed by atoms with E-state index in [-0.39, 0.29) is 0 Å². The lowest BCUT2D eigenvalue weighted by molar-refractivity contribution is 0.118. The highest BCUT2D eigenvalue weighted by Gasteiger charge is 2.33.